The van der Waals surface area contributed by atoms with Gasteiger partial charge in [-0.25, -0.2) is 4.79 Å². The Morgan fingerprint density at radius 3 is 2.42 bits per heavy atom. The van der Waals surface area contributed by atoms with E-state index in [1.165, 1.54) is 7.11 Å². The molecule has 4 N–H and O–H groups in total. The van der Waals surface area contributed by atoms with Gasteiger partial charge < -0.3 is 20.3 Å². The Morgan fingerprint density at radius 2 is 1.88 bits per heavy atom. The van der Waals surface area contributed by atoms with Gasteiger partial charge in [0.05, 0.1) is 17.8 Å². The quantitative estimate of drug-likeness (QED) is 0.373. The fourth-order valence-electron chi connectivity index (χ4n) is 2.03. The number of hydrogen-bond donors (Lipinski definition) is 2. The fraction of sp³-hybridized carbons (Fsp3) is 0.188. The Kier molecular flexibility index (Phi) is 6.80. The maximum absolute atomic E-state index is 11.5. The Balaban J connectivity index is 0.00000218. The van der Waals surface area contributed by atoms with E-state index in [1.807, 2.05) is 12.1 Å². The SMILES string of the molecule is COC(=O)C([NH3+])Cc1cc(I)c(Oc2ccc(O)c(I)c2)c(I)c1.[3HH].[3H][3H]. The average Bonchev–Trinajstić information content (AvgIpc) is 2.62. The molecule has 1 atom stereocenters. The average molecular weight is 676 g/mol. The van der Waals surface area contributed by atoms with Crippen LogP contribution in [0.2, 0.25) is 0 Å². The summed E-state index contributed by atoms with van der Waals surface area (Å²) in [6, 6.07) is 8.62. The van der Waals surface area contributed by atoms with E-state index < -0.39 is 6.04 Å². The normalized spacial score (nSPS) is 12.2. The van der Waals surface area contributed by atoms with Gasteiger partial charge in [-0.15, -0.1) is 0 Å². The number of ether oxygens (including phenoxy) is 2. The van der Waals surface area contributed by atoms with E-state index in [4.69, 9.17) is 12.4 Å². The number of aromatic hydroxyl groups is 1. The second-order valence-corrected chi connectivity index (χ2v) is 8.51. The number of rotatable bonds is 5. The van der Waals surface area contributed by atoms with Crippen LogP contribution in [0.15, 0.2) is 30.3 Å². The first kappa shape index (κ1) is 18.5. The van der Waals surface area contributed by atoms with Gasteiger partial charge in [0.25, 0.3) is 0 Å². The third kappa shape index (κ3) is 5.08. The molecule has 0 spiro atoms. The van der Waals surface area contributed by atoms with Crippen LogP contribution in [0.1, 0.15) is 9.96 Å². The Morgan fingerprint density at radius 1 is 1.25 bits per heavy atom. The molecule has 1 unspecified atom stereocenters. The van der Waals surface area contributed by atoms with Crippen molar-refractivity contribution in [1.82, 2.24) is 0 Å². The number of halogens is 3. The molecule has 0 aliphatic carbocycles. The monoisotopic (exact) mass is 676 g/mol. The third-order valence-electron chi connectivity index (χ3n) is 3.21. The first-order valence-electron chi connectivity index (χ1n) is 7.87. The summed E-state index contributed by atoms with van der Waals surface area (Å²) in [7, 11) is 1.37. The maximum atomic E-state index is 11.5. The zero-order chi connectivity index (χ0) is 19.9. The molecule has 2 aromatic carbocycles. The molecule has 0 radical (unpaired) electrons. The number of esters is 1. The minimum absolute atomic E-state index is 0. The standard InChI is InChI=1S/C16H14I3NO4.2H2/c1-23-16(22)13(20)6-8-4-11(18)15(12(19)5-8)24-9-2-3-14(21)10(17)7-9;;/h2-5,7,13,21H,6,20H2,1H3;2*1H/p+1/i;1+2T;1+2. The molecule has 0 bridgehead atoms. The van der Waals surface area contributed by atoms with Gasteiger partial charge in [-0.05, 0) is 104 Å². The van der Waals surface area contributed by atoms with Crippen molar-refractivity contribution in [1.29, 1.82) is 0 Å². The number of phenols is 1. The number of phenolic OH excluding ortho intramolecular Hbond substituents is 1. The molecule has 2 rings (SSSR count). The third-order valence-corrected chi connectivity index (χ3v) is 5.68. The lowest BCUT2D eigenvalue weighted by Crippen LogP contribution is -2.66. The molecule has 0 amide bonds. The Hall–Kier alpha value is -0.340. The Labute approximate surface area is 185 Å². The predicted molar refractivity (Wildman–Crippen MR) is 119 cm³/mol. The number of quaternary nitrogens is 1. The van der Waals surface area contributed by atoms with E-state index in [-0.39, 0.29) is 13.1 Å². The molecule has 132 valence electrons. The van der Waals surface area contributed by atoms with Crippen LogP contribution in [-0.2, 0) is 16.0 Å². The summed E-state index contributed by atoms with van der Waals surface area (Å²) < 4.78 is 23.3. The molecular formula is C16H19I3NO4+. The highest BCUT2D eigenvalue weighted by atomic mass is 127. The summed E-state index contributed by atoms with van der Waals surface area (Å²) in [6.45, 7) is 0. The number of methoxy groups -OCH3 is 1. The largest absolute Gasteiger partial charge is 0.507 e. The maximum Gasteiger partial charge on any atom is 0.364 e. The first-order valence-corrected chi connectivity index (χ1v) is 10.1. The van der Waals surface area contributed by atoms with Crippen molar-refractivity contribution in [2.75, 3.05) is 7.11 Å². The van der Waals surface area contributed by atoms with Gasteiger partial charge in [0, 0.05) is 10.8 Å². The van der Waals surface area contributed by atoms with Crippen LogP contribution in [0.25, 0.3) is 0 Å². The summed E-state index contributed by atoms with van der Waals surface area (Å²) in [6.07, 6.45) is 0.510. The highest BCUT2D eigenvalue weighted by Crippen LogP contribution is 2.34. The lowest BCUT2D eigenvalue weighted by molar-refractivity contribution is -0.407. The van der Waals surface area contributed by atoms with Gasteiger partial charge >= 0.3 is 5.97 Å². The first-order chi connectivity index (χ1) is 12.3. The second-order valence-electron chi connectivity index (χ2n) is 5.03. The number of benzene rings is 2. The van der Waals surface area contributed by atoms with Crippen molar-refractivity contribution in [3.8, 4) is 17.2 Å². The molecular weight excluding hydrogens is 651 g/mol. The van der Waals surface area contributed by atoms with Gasteiger partial charge in [-0.3, -0.25) is 0 Å². The lowest BCUT2D eigenvalue weighted by atomic mass is 10.1. The summed E-state index contributed by atoms with van der Waals surface area (Å²) in [5.74, 6) is 1.32. The fourth-order valence-corrected chi connectivity index (χ4v) is 4.64. The predicted octanol–water partition coefficient (Wildman–Crippen LogP) is 3.82. The van der Waals surface area contributed by atoms with Crippen LogP contribution >= 0.6 is 67.8 Å². The van der Waals surface area contributed by atoms with E-state index in [0.29, 0.717) is 12.2 Å². The highest BCUT2D eigenvalue weighted by molar-refractivity contribution is 14.1. The molecule has 5 nitrogen and oxygen atoms in total. The van der Waals surface area contributed by atoms with Crippen LogP contribution in [0.5, 0.6) is 17.2 Å². The van der Waals surface area contributed by atoms with Gasteiger partial charge in [0.2, 0.25) is 0 Å². The molecule has 0 aliphatic heterocycles. The van der Waals surface area contributed by atoms with Crippen LogP contribution in [0, 0.1) is 10.7 Å². The van der Waals surface area contributed by atoms with Gasteiger partial charge in [-0.2, -0.15) is 0 Å². The van der Waals surface area contributed by atoms with Gasteiger partial charge in [-0.1, -0.05) is 0 Å². The minimum Gasteiger partial charge on any atom is -0.507 e. The van der Waals surface area contributed by atoms with Crippen LogP contribution in [-0.4, -0.2) is 24.2 Å². The molecule has 0 fully saturated rings. The van der Waals surface area contributed by atoms with E-state index >= 15 is 0 Å². The van der Waals surface area contributed by atoms with Crippen molar-refractivity contribution < 1.29 is 29.5 Å². The van der Waals surface area contributed by atoms with E-state index in [0.717, 1.165) is 22.0 Å². The topological polar surface area (TPSA) is 83.4 Å². The minimum atomic E-state index is -0.438. The van der Waals surface area contributed by atoms with Crippen molar-refractivity contribution in [3.63, 3.8) is 0 Å². The summed E-state index contributed by atoms with van der Waals surface area (Å²) >= 11 is 6.47. The second kappa shape index (κ2) is 8.85. The van der Waals surface area contributed by atoms with E-state index in [2.05, 4.69) is 73.5 Å². The molecule has 0 saturated carbocycles. The van der Waals surface area contributed by atoms with Crippen molar-refractivity contribution in [2.24, 2.45) is 0 Å². The molecule has 0 heterocycles. The smallest absolute Gasteiger partial charge is 0.364 e. The molecule has 0 aliphatic rings. The zero-order valence-corrected chi connectivity index (χ0v) is 19.2. The molecule has 24 heavy (non-hydrogen) atoms. The number of carbonyl (C=O) groups excluding carboxylic acids is 1. The highest BCUT2D eigenvalue weighted by Gasteiger charge is 2.20. The number of carbonyl (C=O) groups is 1. The van der Waals surface area contributed by atoms with Crippen molar-refractivity contribution in [2.45, 2.75) is 12.5 Å². The summed E-state index contributed by atoms with van der Waals surface area (Å²) in [5, 5.41) is 9.59. The van der Waals surface area contributed by atoms with Crippen molar-refractivity contribution >= 4 is 73.7 Å². The molecule has 2 aromatic rings. The van der Waals surface area contributed by atoms with Crippen molar-refractivity contribution in [3.05, 3.63) is 46.6 Å². The van der Waals surface area contributed by atoms with E-state index in [1.54, 1.807) is 18.2 Å². The zero-order valence-electron chi connectivity index (χ0n) is 14.7. The van der Waals surface area contributed by atoms with Gasteiger partial charge in [0.15, 0.2) is 11.8 Å². The molecule has 8 heteroatoms. The molecule has 0 saturated heterocycles. The van der Waals surface area contributed by atoms with Crippen LogP contribution in [0.3, 0.4) is 0 Å². The lowest BCUT2D eigenvalue weighted by Gasteiger charge is -2.13. The summed E-state index contributed by atoms with van der Waals surface area (Å²) in [5.41, 5.74) is 4.84. The summed E-state index contributed by atoms with van der Waals surface area (Å²) in [4.78, 5) is 11.5. The van der Waals surface area contributed by atoms with E-state index in [9.17, 15) is 9.90 Å². The number of hydrogen-bond acceptors (Lipinski definition) is 4. The Bertz CT molecular complexity index is 758. The van der Waals surface area contributed by atoms with Gasteiger partial charge in [0.1, 0.15) is 11.5 Å². The van der Waals surface area contributed by atoms with Crippen LogP contribution in [0.4, 0.5) is 0 Å². The van der Waals surface area contributed by atoms with Crippen LogP contribution < -0.4 is 10.5 Å². The molecule has 0 aromatic heterocycles.